The molecule has 1 fully saturated rings. The first kappa shape index (κ1) is 13.8. The van der Waals surface area contributed by atoms with E-state index >= 15 is 0 Å². The zero-order chi connectivity index (χ0) is 12.8. The molecule has 1 heterocycles. The van der Waals surface area contributed by atoms with Crippen molar-refractivity contribution in [2.24, 2.45) is 0 Å². The number of piperidine rings is 1. The van der Waals surface area contributed by atoms with E-state index in [4.69, 9.17) is 0 Å². The monoisotopic (exact) mass is 309 g/mol. The third-order valence-electron chi connectivity index (χ3n) is 3.35. The van der Waals surface area contributed by atoms with Crippen molar-refractivity contribution < 1.29 is 5.11 Å². The summed E-state index contributed by atoms with van der Waals surface area (Å²) in [6.07, 6.45) is 7.26. The molecule has 2 rings (SSSR count). The summed E-state index contributed by atoms with van der Waals surface area (Å²) in [4.78, 5) is 2.43. The van der Waals surface area contributed by atoms with Crippen molar-refractivity contribution in [1.82, 2.24) is 4.90 Å². The number of halogens is 1. The van der Waals surface area contributed by atoms with Crippen molar-refractivity contribution in [3.63, 3.8) is 0 Å². The van der Waals surface area contributed by atoms with Gasteiger partial charge in [-0.25, -0.2) is 0 Å². The van der Waals surface area contributed by atoms with Crippen molar-refractivity contribution in [2.45, 2.75) is 25.4 Å². The van der Waals surface area contributed by atoms with Crippen molar-refractivity contribution in [1.29, 1.82) is 0 Å². The first-order chi connectivity index (χ1) is 8.74. The predicted molar refractivity (Wildman–Crippen MR) is 79.5 cm³/mol. The average Bonchev–Trinajstić information content (AvgIpc) is 2.39. The molecule has 0 aromatic heterocycles. The number of hydrogen-bond donors (Lipinski definition) is 1. The van der Waals surface area contributed by atoms with Gasteiger partial charge < -0.3 is 10.0 Å². The van der Waals surface area contributed by atoms with Crippen LogP contribution in [0.3, 0.4) is 0 Å². The van der Waals surface area contributed by atoms with Gasteiger partial charge in [0.2, 0.25) is 0 Å². The van der Waals surface area contributed by atoms with Gasteiger partial charge in [-0.1, -0.05) is 40.2 Å². The summed E-state index contributed by atoms with van der Waals surface area (Å²) in [6.45, 7) is 3.17. The molecule has 1 aliphatic heterocycles. The van der Waals surface area contributed by atoms with Crippen LogP contribution in [0.1, 0.15) is 24.8 Å². The van der Waals surface area contributed by atoms with Gasteiger partial charge in [0, 0.05) is 24.1 Å². The van der Waals surface area contributed by atoms with Crippen LogP contribution in [-0.4, -0.2) is 35.7 Å². The van der Waals surface area contributed by atoms with Gasteiger partial charge in [0.1, 0.15) is 0 Å². The van der Waals surface area contributed by atoms with Crippen LogP contribution in [0.5, 0.6) is 0 Å². The van der Waals surface area contributed by atoms with E-state index in [-0.39, 0.29) is 6.10 Å². The van der Waals surface area contributed by atoms with Crippen LogP contribution in [0.2, 0.25) is 0 Å². The van der Waals surface area contributed by atoms with Crippen LogP contribution in [0.25, 0.3) is 6.08 Å². The van der Waals surface area contributed by atoms with E-state index < -0.39 is 0 Å². The van der Waals surface area contributed by atoms with Crippen LogP contribution in [0, 0.1) is 0 Å². The lowest BCUT2D eigenvalue weighted by Gasteiger charge is -2.28. The molecular formula is C15H20BrNO. The number of likely N-dealkylation sites (tertiary alicyclic amines) is 1. The normalized spacial score (nSPS) is 18.6. The number of benzene rings is 1. The van der Waals surface area contributed by atoms with Crippen LogP contribution in [-0.2, 0) is 0 Å². The maximum Gasteiger partial charge on any atom is 0.0564 e. The molecule has 1 N–H and O–H groups in total. The maximum atomic E-state index is 9.43. The Hall–Kier alpha value is -0.640. The summed E-state index contributed by atoms with van der Waals surface area (Å²) in [7, 11) is 0. The average molecular weight is 310 g/mol. The highest BCUT2D eigenvalue weighted by Gasteiger charge is 2.15. The molecular weight excluding hydrogens is 290 g/mol. The number of rotatable bonds is 4. The van der Waals surface area contributed by atoms with Gasteiger partial charge in [0.25, 0.3) is 0 Å². The quantitative estimate of drug-likeness (QED) is 0.922. The Labute approximate surface area is 117 Å². The molecule has 0 radical (unpaired) electrons. The molecule has 0 amide bonds. The van der Waals surface area contributed by atoms with Gasteiger partial charge in [0.05, 0.1) is 6.10 Å². The predicted octanol–water partition coefficient (Wildman–Crippen LogP) is 3.31. The molecule has 1 aliphatic rings. The second-order valence-electron chi connectivity index (χ2n) is 4.82. The largest absolute Gasteiger partial charge is 0.393 e. The second kappa shape index (κ2) is 7.07. The van der Waals surface area contributed by atoms with E-state index in [1.54, 1.807) is 0 Å². The molecule has 0 atom stereocenters. The minimum Gasteiger partial charge on any atom is -0.393 e. The highest BCUT2D eigenvalue weighted by atomic mass is 79.9. The van der Waals surface area contributed by atoms with Crippen molar-refractivity contribution >= 4 is 22.0 Å². The topological polar surface area (TPSA) is 23.5 Å². The molecule has 0 unspecified atom stereocenters. The number of aliphatic hydroxyl groups is 1. The summed E-state index contributed by atoms with van der Waals surface area (Å²) in [5, 5.41) is 9.43. The zero-order valence-corrected chi connectivity index (χ0v) is 12.1. The Bertz CT molecular complexity index is 380. The van der Waals surface area contributed by atoms with Crippen molar-refractivity contribution in [3.05, 3.63) is 40.4 Å². The first-order valence-electron chi connectivity index (χ1n) is 6.56. The summed E-state index contributed by atoms with van der Waals surface area (Å²) in [5.41, 5.74) is 1.24. The number of nitrogens with zero attached hydrogens (tertiary/aromatic N) is 1. The molecule has 0 bridgehead atoms. The lowest BCUT2D eigenvalue weighted by Crippen LogP contribution is -2.36. The van der Waals surface area contributed by atoms with E-state index in [0.29, 0.717) is 0 Å². The van der Waals surface area contributed by atoms with Gasteiger partial charge in [-0.2, -0.15) is 0 Å². The Kier molecular flexibility index (Phi) is 5.42. The Morgan fingerprint density at radius 3 is 2.56 bits per heavy atom. The summed E-state index contributed by atoms with van der Waals surface area (Å²) >= 11 is 3.43. The van der Waals surface area contributed by atoms with Gasteiger partial charge in [0.15, 0.2) is 0 Å². The van der Waals surface area contributed by atoms with E-state index in [9.17, 15) is 5.11 Å². The first-order valence-corrected chi connectivity index (χ1v) is 7.36. The van der Waals surface area contributed by atoms with Crippen LogP contribution < -0.4 is 0 Å². The van der Waals surface area contributed by atoms with Gasteiger partial charge in [-0.05, 0) is 37.0 Å². The number of hydrogen-bond acceptors (Lipinski definition) is 2. The standard InChI is InChI=1S/C15H20BrNO/c16-14-6-4-13(5-7-14)3-1-2-10-17-11-8-15(18)9-12-17/h1,3-7,15,18H,2,8-12H2/b3-1-. The molecule has 0 saturated carbocycles. The third-order valence-corrected chi connectivity index (χ3v) is 3.88. The van der Waals surface area contributed by atoms with E-state index in [0.717, 1.165) is 43.4 Å². The Balaban J connectivity index is 1.70. The van der Waals surface area contributed by atoms with E-state index in [1.807, 2.05) is 0 Å². The lowest BCUT2D eigenvalue weighted by molar-refractivity contribution is 0.0835. The molecule has 3 heteroatoms. The highest BCUT2D eigenvalue weighted by Crippen LogP contribution is 2.13. The second-order valence-corrected chi connectivity index (χ2v) is 5.73. The van der Waals surface area contributed by atoms with E-state index in [2.05, 4.69) is 57.2 Å². The fourth-order valence-corrected chi connectivity index (χ4v) is 2.46. The van der Waals surface area contributed by atoms with Gasteiger partial charge in [-0.3, -0.25) is 0 Å². The maximum absolute atomic E-state index is 9.43. The highest BCUT2D eigenvalue weighted by molar-refractivity contribution is 9.10. The Morgan fingerprint density at radius 2 is 1.89 bits per heavy atom. The Morgan fingerprint density at radius 1 is 1.22 bits per heavy atom. The summed E-state index contributed by atoms with van der Waals surface area (Å²) < 4.78 is 1.12. The van der Waals surface area contributed by atoms with Crippen LogP contribution in [0.4, 0.5) is 0 Å². The zero-order valence-electron chi connectivity index (χ0n) is 10.6. The minimum atomic E-state index is -0.0699. The molecule has 2 nitrogen and oxygen atoms in total. The van der Waals surface area contributed by atoms with Crippen molar-refractivity contribution in [2.75, 3.05) is 19.6 Å². The van der Waals surface area contributed by atoms with Gasteiger partial charge in [-0.15, -0.1) is 0 Å². The molecule has 0 spiro atoms. The fourth-order valence-electron chi connectivity index (χ4n) is 2.19. The SMILES string of the molecule is OC1CCN(CC/C=C\c2ccc(Br)cc2)CC1. The molecule has 1 saturated heterocycles. The summed E-state index contributed by atoms with van der Waals surface area (Å²) in [6, 6.07) is 8.34. The molecule has 98 valence electrons. The molecule has 0 aliphatic carbocycles. The number of aliphatic hydroxyl groups excluding tert-OH is 1. The van der Waals surface area contributed by atoms with Crippen molar-refractivity contribution in [3.8, 4) is 0 Å². The lowest BCUT2D eigenvalue weighted by atomic mass is 10.1. The van der Waals surface area contributed by atoms with Gasteiger partial charge >= 0.3 is 0 Å². The molecule has 18 heavy (non-hydrogen) atoms. The third kappa shape index (κ3) is 4.56. The molecule has 1 aromatic carbocycles. The minimum absolute atomic E-state index is 0.0699. The van der Waals surface area contributed by atoms with Crippen LogP contribution >= 0.6 is 15.9 Å². The fraction of sp³-hybridized carbons (Fsp3) is 0.467. The van der Waals surface area contributed by atoms with Crippen LogP contribution in [0.15, 0.2) is 34.8 Å². The smallest absolute Gasteiger partial charge is 0.0564 e. The van der Waals surface area contributed by atoms with E-state index in [1.165, 1.54) is 5.56 Å². The molecule has 1 aromatic rings. The summed E-state index contributed by atoms with van der Waals surface area (Å²) in [5.74, 6) is 0.